The lowest BCUT2D eigenvalue weighted by Crippen LogP contribution is -2.63. The summed E-state index contributed by atoms with van der Waals surface area (Å²) in [6.45, 7) is -0.412. The SMILES string of the molecule is Cn1cc(C(=O)NCc2nc(-c3sc4c(NC5CC6CCC(C5F)N6C(O)(O)O)cccc4c3CC(F)(F)F)no2)c(OC(O)(O)O)n1. The molecule has 21 heteroatoms. The average molecular weight is 704 g/mol. The fourth-order valence-corrected chi connectivity index (χ4v) is 7.51. The third-order valence-corrected chi connectivity index (χ3v) is 9.33. The second kappa shape index (κ2) is 12.2. The van der Waals surface area contributed by atoms with Gasteiger partial charge >= 0.3 is 18.4 Å². The van der Waals surface area contributed by atoms with Crippen molar-refractivity contribution in [3.05, 3.63) is 41.4 Å². The predicted octanol–water partition coefficient (Wildman–Crippen LogP) is 0.630. The number of fused-ring (bicyclic) bond motifs is 3. The average Bonchev–Trinajstić information content (AvgIpc) is 3.73. The molecule has 1 amide bonds. The van der Waals surface area contributed by atoms with Crippen LogP contribution < -0.4 is 15.4 Å². The third kappa shape index (κ3) is 6.94. The molecule has 0 radical (unpaired) electrons. The van der Waals surface area contributed by atoms with Gasteiger partial charge in [0.1, 0.15) is 11.7 Å². The van der Waals surface area contributed by atoms with Crippen LogP contribution in [0, 0.1) is 0 Å². The van der Waals surface area contributed by atoms with E-state index in [4.69, 9.17) is 19.8 Å². The van der Waals surface area contributed by atoms with Gasteiger partial charge in [0.05, 0.1) is 40.3 Å². The molecule has 2 saturated heterocycles. The van der Waals surface area contributed by atoms with Crippen LogP contribution in [0.3, 0.4) is 0 Å². The summed E-state index contributed by atoms with van der Waals surface area (Å²) in [5, 5.41) is 69.7. The standard InChI is InChI=1S/C27H29F4N7O9S/c1-37-10-14(24(35-37)46-27(43,44)45)23(39)32-9-18-34-22(36-47-18)21-13(8-25(29,30)31)12-3-2-4-15(20(12)48-21)33-16-7-11-5-6-17(19(16)28)38(11)26(40,41)42/h2-4,10-11,16-17,19,33,40-45H,5-9H2,1H3,(H,32,39). The number of amides is 1. The molecule has 0 aliphatic carbocycles. The molecule has 4 atom stereocenters. The van der Waals surface area contributed by atoms with E-state index >= 15 is 4.39 Å². The molecule has 1 aromatic carbocycles. The minimum atomic E-state index is -4.63. The zero-order valence-corrected chi connectivity index (χ0v) is 25.5. The lowest BCUT2D eigenvalue weighted by Gasteiger charge is -2.44. The summed E-state index contributed by atoms with van der Waals surface area (Å²) in [7, 11) is 1.39. The van der Waals surface area contributed by atoms with Crippen LogP contribution >= 0.6 is 11.3 Å². The topological polar surface area (TPSA) is 232 Å². The van der Waals surface area contributed by atoms with Gasteiger partial charge in [-0.05, 0) is 36.3 Å². The number of nitrogens with zero attached hydrogens (tertiary/aromatic N) is 5. The smallest absolute Gasteiger partial charge is 0.396 e. The number of aromatic nitrogens is 4. The normalized spacial score (nSPS) is 22.0. The summed E-state index contributed by atoms with van der Waals surface area (Å²) in [6.07, 6.45) is -12.5. The highest BCUT2D eigenvalue weighted by Gasteiger charge is 2.54. The molecule has 5 heterocycles. The lowest BCUT2D eigenvalue weighted by molar-refractivity contribution is -0.420. The first-order chi connectivity index (χ1) is 22.4. The number of hydrogen-bond acceptors (Lipinski definition) is 15. The van der Waals surface area contributed by atoms with Crippen molar-refractivity contribution >= 4 is 33.0 Å². The zero-order chi connectivity index (χ0) is 34.8. The van der Waals surface area contributed by atoms with E-state index in [1.54, 1.807) is 6.07 Å². The van der Waals surface area contributed by atoms with Gasteiger partial charge in [-0.1, -0.05) is 17.3 Å². The molecule has 260 valence electrons. The zero-order valence-electron chi connectivity index (χ0n) is 24.7. The Morgan fingerprint density at radius 3 is 2.60 bits per heavy atom. The maximum Gasteiger partial charge on any atom is 0.454 e. The summed E-state index contributed by atoms with van der Waals surface area (Å²) in [5.41, 5.74) is -0.134. The Labute approximate surface area is 270 Å². The monoisotopic (exact) mass is 703 g/mol. The molecule has 8 N–H and O–H groups in total. The van der Waals surface area contributed by atoms with Crippen molar-refractivity contribution in [2.24, 2.45) is 7.05 Å². The second-order valence-electron chi connectivity index (χ2n) is 11.5. The van der Waals surface area contributed by atoms with Crippen molar-refractivity contribution in [3.8, 4) is 16.6 Å². The fourth-order valence-electron chi connectivity index (χ4n) is 6.29. The number of benzene rings is 1. The summed E-state index contributed by atoms with van der Waals surface area (Å²) in [5.74, 6) is -1.90. The van der Waals surface area contributed by atoms with Crippen LogP contribution in [0.25, 0.3) is 20.8 Å². The number of thiophene rings is 1. The van der Waals surface area contributed by atoms with E-state index in [0.29, 0.717) is 16.8 Å². The van der Waals surface area contributed by atoms with Crippen molar-refractivity contribution < 1.29 is 62.3 Å². The van der Waals surface area contributed by atoms with Gasteiger partial charge in [0, 0.05) is 19.3 Å². The highest BCUT2D eigenvalue weighted by atomic mass is 32.1. The maximum absolute atomic E-state index is 15.6. The molecule has 4 unspecified atom stereocenters. The van der Waals surface area contributed by atoms with Crippen molar-refractivity contribution in [1.29, 1.82) is 0 Å². The minimum Gasteiger partial charge on any atom is -0.396 e. The second-order valence-corrected chi connectivity index (χ2v) is 12.5. The van der Waals surface area contributed by atoms with Gasteiger partial charge < -0.3 is 50.5 Å². The molecule has 2 aliphatic rings. The molecule has 2 bridgehead atoms. The molecule has 2 aliphatic heterocycles. The molecular formula is C27H29F4N7O9S. The van der Waals surface area contributed by atoms with Crippen molar-refractivity contribution in [1.82, 2.24) is 30.1 Å². The first-order valence-electron chi connectivity index (χ1n) is 14.4. The molecule has 0 saturated carbocycles. The first kappa shape index (κ1) is 33.9. The molecule has 3 aromatic heterocycles. The van der Waals surface area contributed by atoms with Crippen LogP contribution in [0.5, 0.6) is 5.88 Å². The number of rotatable bonds is 10. The van der Waals surface area contributed by atoms with Crippen molar-refractivity contribution in [2.75, 3.05) is 5.32 Å². The van der Waals surface area contributed by atoms with E-state index in [9.17, 15) is 33.3 Å². The van der Waals surface area contributed by atoms with E-state index in [1.807, 2.05) is 0 Å². The number of aliphatic hydroxyl groups is 6. The Hall–Kier alpha value is -3.96. The molecule has 16 nitrogen and oxygen atoms in total. The van der Waals surface area contributed by atoms with E-state index in [-0.39, 0.29) is 45.9 Å². The first-order valence-corrected chi connectivity index (χ1v) is 15.2. The van der Waals surface area contributed by atoms with Crippen LogP contribution in [-0.4, -0.2) is 104 Å². The lowest BCUT2D eigenvalue weighted by atomic mass is 9.95. The Kier molecular flexibility index (Phi) is 8.61. The number of aryl methyl sites for hydroxylation is 1. The summed E-state index contributed by atoms with van der Waals surface area (Å²) < 4.78 is 68.1. The van der Waals surface area contributed by atoms with Crippen molar-refractivity contribution in [3.63, 3.8) is 0 Å². The predicted molar refractivity (Wildman–Crippen MR) is 154 cm³/mol. The summed E-state index contributed by atoms with van der Waals surface area (Å²) in [4.78, 5) is 17.8. The number of nitrogens with one attached hydrogen (secondary N) is 2. The number of piperidine rings is 1. The molecule has 2 fully saturated rings. The van der Waals surface area contributed by atoms with Crippen LogP contribution in [0.2, 0.25) is 0 Å². The fraction of sp³-hybridized carbons (Fsp3) is 0.481. The van der Waals surface area contributed by atoms with Gasteiger partial charge in [-0.3, -0.25) is 9.48 Å². The Bertz CT molecular complexity index is 1820. The summed E-state index contributed by atoms with van der Waals surface area (Å²) >= 11 is 0.914. The number of hydrogen-bond donors (Lipinski definition) is 8. The molecular weight excluding hydrogens is 674 g/mol. The quantitative estimate of drug-likeness (QED) is 0.0837. The molecule has 48 heavy (non-hydrogen) atoms. The number of anilines is 1. The van der Waals surface area contributed by atoms with E-state index in [1.165, 1.54) is 19.2 Å². The van der Waals surface area contributed by atoms with Crippen LogP contribution in [0.4, 0.5) is 23.2 Å². The highest BCUT2D eigenvalue weighted by molar-refractivity contribution is 7.23. The van der Waals surface area contributed by atoms with Gasteiger partial charge in [0.25, 0.3) is 11.8 Å². The Morgan fingerprint density at radius 2 is 1.92 bits per heavy atom. The molecule has 6 rings (SSSR count). The van der Waals surface area contributed by atoms with Gasteiger partial charge in [0.15, 0.2) is 0 Å². The van der Waals surface area contributed by atoms with E-state index < -0.39 is 67.5 Å². The largest absolute Gasteiger partial charge is 0.454 e. The van der Waals surface area contributed by atoms with E-state index in [0.717, 1.165) is 27.1 Å². The Balaban J connectivity index is 1.25. The number of carbonyl (C=O) groups excluding carboxylic acids is 1. The Morgan fingerprint density at radius 1 is 1.17 bits per heavy atom. The highest BCUT2D eigenvalue weighted by Crippen LogP contribution is 2.45. The number of ether oxygens (including phenoxy) is 1. The third-order valence-electron chi connectivity index (χ3n) is 8.05. The van der Waals surface area contributed by atoms with Gasteiger partial charge in [-0.25, -0.2) is 9.29 Å². The van der Waals surface area contributed by atoms with Crippen LogP contribution in [0.1, 0.15) is 41.1 Å². The van der Waals surface area contributed by atoms with Crippen LogP contribution in [0.15, 0.2) is 28.9 Å². The number of alkyl halides is 4. The van der Waals surface area contributed by atoms with Crippen LogP contribution in [-0.2, 0) is 20.0 Å². The number of halogens is 4. The maximum atomic E-state index is 15.6. The van der Waals surface area contributed by atoms with E-state index in [2.05, 4.69) is 30.6 Å². The summed E-state index contributed by atoms with van der Waals surface area (Å²) in [6, 6.07) is 2.17. The molecule has 0 spiro atoms. The minimum absolute atomic E-state index is 0.0170. The van der Waals surface area contributed by atoms with Gasteiger partial charge in [-0.2, -0.15) is 18.2 Å². The van der Waals surface area contributed by atoms with Gasteiger partial charge in [-0.15, -0.1) is 16.4 Å². The molecule has 4 aromatic rings. The number of carbonyl (C=O) groups is 1. The van der Waals surface area contributed by atoms with Crippen molar-refractivity contribution in [2.45, 2.75) is 75.0 Å². The van der Waals surface area contributed by atoms with Gasteiger partial charge in [0.2, 0.25) is 11.7 Å².